The van der Waals surface area contributed by atoms with E-state index in [2.05, 4.69) is 20.3 Å². The number of sulfonamides is 1. The van der Waals surface area contributed by atoms with Gasteiger partial charge in [-0.15, -0.1) is 11.3 Å². The second kappa shape index (κ2) is 8.69. The van der Waals surface area contributed by atoms with Crippen molar-refractivity contribution in [2.24, 2.45) is 0 Å². The van der Waals surface area contributed by atoms with E-state index in [1.54, 1.807) is 30.6 Å². The van der Waals surface area contributed by atoms with Crippen LogP contribution in [0.1, 0.15) is 16.2 Å². The van der Waals surface area contributed by atoms with E-state index < -0.39 is 15.9 Å². The van der Waals surface area contributed by atoms with Crippen molar-refractivity contribution in [1.29, 1.82) is 0 Å². The lowest BCUT2D eigenvalue weighted by Gasteiger charge is -2.15. The lowest BCUT2D eigenvalue weighted by atomic mass is 10.3. The Kier molecular flexibility index (Phi) is 5.96. The SMILES string of the molecule is Cc1nc(N(C)S(=O)(=O)c2cccc(Cl)c2)oc1C(=O)Nc1nc(-c2ccccn2)cs1. The molecule has 1 amide bonds. The third kappa shape index (κ3) is 4.35. The van der Waals surface area contributed by atoms with E-state index in [4.69, 9.17) is 16.0 Å². The topological polar surface area (TPSA) is 118 Å². The second-order valence-corrected chi connectivity index (χ2v) is 9.81. The molecule has 1 aromatic carbocycles. The Morgan fingerprint density at radius 3 is 2.69 bits per heavy atom. The number of pyridine rings is 1. The third-order valence-electron chi connectivity index (χ3n) is 4.37. The van der Waals surface area contributed by atoms with Crippen LogP contribution in [0.5, 0.6) is 0 Å². The molecule has 0 spiro atoms. The fourth-order valence-corrected chi connectivity index (χ4v) is 4.81. The highest BCUT2D eigenvalue weighted by atomic mass is 35.5. The molecule has 9 nitrogen and oxygen atoms in total. The van der Waals surface area contributed by atoms with E-state index in [-0.39, 0.29) is 27.4 Å². The average Bonchev–Trinajstić information content (AvgIpc) is 3.40. The van der Waals surface area contributed by atoms with Crippen LogP contribution in [0.15, 0.2) is 63.4 Å². The molecule has 0 fully saturated rings. The molecule has 32 heavy (non-hydrogen) atoms. The van der Waals surface area contributed by atoms with Gasteiger partial charge < -0.3 is 4.42 Å². The molecule has 164 valence electrons. The highest BCUT2D eigenvalue weighted by Crippen LogP contribution is 2.27. The molecule has 3 heterocycles. The summed E-state index contributed by atoms with van der Waals surface area (Å²) >= 11 is 7.13. The standard InChI is InChI=1S/C20H16ClN5O4S2/c1-12-17(18(27)25-19-24-16(11-31-19)15-8-3-4-9-22-15)30-20(23-12)26(2)32(28,29)14-7-5-6-13(21)10-14/h3-11H,1-2H3,(H,24,25,27). The molecule has 0 aliphatic heterocycles. The quantitative estimate of drug-likeness (QED) is 0.430. The Bertz CT molecular complexity index is 1390. The molecule has 0 radical (unpaired) electrons. The van der Waals surface area contributed by atoms with Crippen molar-refractivity contribution in [3.8, 4) is 11.4 Å². The Hall–Kier alpha value is -3.28. The number of hydrogen-bond acceptors (Lipinski definition) is 8. The third-order valence-corrected chi connectivity index (χ3v) is 7.09. The molecule has 0 saturated carbocycles. The number of carbonyl (C=O) groups is 1. The Morgan fingerprint density at radius 1 is 1.16 bits per heavy atom. The Balaban J connectivity index is 1.54. The zero-order valence-corrected chi connectivity index (χ0v) is 19.2. The van der Waals surface area contributed by atoms with Crippen LogP contribution in [0.25, 0.3) is 11.4 Å². The maximum absolute atomic E-state index is 12.9. The second-order valence-electron chi connectivity index (χ2n) is 6.55. The number of carbonyl (C=O) groups excluding carboxylic acids is 1. The molecule has 12 heteroatoms. The van der Waals surface area contributed by atoms with Crippen LogP contribution in [-0.4, -0.2) is 36.3 Å². The van der Waals surface area contributed by atoms with Gasteiger partial charge >= 0.3 is 6.01 Å². The molecule has 4 rings (SSSR count). The number of nitrogens with zero attached hydrogens (tertiary/aromatic N) is 4. The van der Waals surface area contributed by atoms with Gasteiger partial charge in [0.1, 0.15) is 5.69 Å². The zero-order chi connectivity index (χ0) is 22.9. The van der Waals surface area contributed by atoms with Crippen LogP contribution in [0, 0.1) is 6.92 Å². The number of thiazole rings is 1. The fourth-order valence-electron chi connectivity index (χ4n) is 2.73. The average molecular weight is 490 g/mol. The van der Waals surface area contributed by atoms with Gasteiger partial charge in [-0.25, -0.2) is 17.7 Å². The minimum Gasteiger partial charge on any atom is -0.417 e. The Morgan fingerprint density at radius 2 is 1.97 bits per heavy atom. The molecule has 3 aromatic heterocycles. The summed E-state index contributed by atoms with van der Waals surface area (Å²) in [5.74, 6) is -0.723. The van der Waals surface area contributed by atoms with Crippen LogP contribution in [0.2, 0.25) is 5.02 Å². The summed E-state index contributed by atoms with van der Waals surface area (Å²) in [5.41, 5.74) is 1.52. The maximum atomic E-state index is 12.9. The van der Waals surface area contributed by atoms with Gasteiger partial charge in [0.25, 0.3) is 15.9 Å². The summed E-state index contributed by atoms with van der Waals surface area (Å²) in [7, 11) is -2.71. The maximum Gasteiger partial charge on any atom is 0.312 e. The van der Waals surface area contributed by atoms with Crippen LogP contribution in [0.4, 0.5) is 11.1 Å². The number of halogens is 1. The van der Waals surface area contributed by atoms with Crippen LogP contribution in [0.3, 0.4) is 0 Å². The van der Waals surface area contributed by atoms with E-state index in [1.807, 2.05) is 12.1 Å². The van der Waals surface area contributed by atoms with Crippen molar-refractivity contribution >= 4 is 50.0 Å². The molecule has 0 bridgehead atoms. The van der Waals surface area contributed by atoms with E-state index in [1.165, 1.54) is 36.6 Å². The summed E-state index contributed by atoms with van der Waals surface area (Å²) in [5, 5.41) is 5.02. The highest BCUT2D eigenvalue weighted by molar-refractivity contribution is 7.92. The number of oxazole rings is 1. The molecule has 4 aromatic rings. The van der Waals surface area contributed by atoms with Gasteiger partial charge in [-0.1, -0.05) is 23.7 Å². The number of benzene rings is 1. The van der Waals surface area contributed by atoms with Crippen molar-refractivity contribution in [1.82, 2.24) is 15.0 Å². The number of hydrogen-bond donors (Lipinski definition) is 1. The molecular weight excluding hydrogens is 474 g/mol. The molecule has 1 N–H and O–H groups in total. The number of amides is 1. The van der Waals surface area contributed by atoms with E-state index >= 15 is 0 Å². The summed E-state index contributed by atoms with van der Waals surface area (Å²) in [6, 6.07) is 11.0. The van der Waals surface area contributed by atoms with Gasteiger partial charge in [0.05, 0.1) is 16.3 Å². The monoisotopic (exact) mass is 489 g/mol. The van der Waals surface area contributed by atoms with Crippen LogP contribution < -0.4 is 9.62 Å². The predicted octanol–water partition coefficient (Wildman–Crippen LogP) is 4.23. The minimum atomic E-state index is -3.99. The van der Waals surface area contributed by atoms with Crippen LogP contribution >= 0.6 is 22.9 Å². The first-order chi connectivity index (χ1) is 15.3. The van der Waals surface area contributed by atoms with E-state index in [9.17, 15) is 13.2 Å². The smallest absolute Gasteiger partial charge is 0.312 e. The first kappa shape index (κ1) is 21.9. The fraction of sp³-hybridized carbons (Fsp3) is 0.100. The van der Waals surface area contributed by atoms with Crippen LogP contribution in [-0.2, 0) is 10.0 Å². The van der Waals surface area contributed by atoms with Crippen molar-refractivity contribution < 1.29 is 17.6 Å². The predicted molar refractivity (Wildman–Crippen MR) is 122 cm³/mol. The van der Waals surface area contributed by atoms with Gasteiger partial charge in [-0.05, 0) is 37.3 Å². The first-order valence-corrected chi connectivity index (χ1v) is 11.9. The molecule has 0 aliphatic carbocycles. The summed E-state index contributed by atoms with van der Waals surface area (Å²) in [6.07, 6.45) is 1.65. The van der Waals surface area contributed by atoms with Gasteiger partial charge in [-0.3, -0.25) is 15.1 Å². The lowest BCUT2D eigenvalue weighted by Crippen LogP contribution is -2.26. The zero-order valence-electron chi connectivity index (χ0n) is 16.8. The lowest BCUT2D eigenvalue weighted by molar-refractivity contribution is 0.0996. The van der Waals surface area contributed by atoms with Gasteiger partial charge in [0, 0.05) is 23.6 Å². The summed E-state index contributed by atoms with van der Waals surface area (Å²) in [6.45, 7) is 1.54. The number of aromatic nitrogens is 3. The first-order valence-electron chi connectivity index (χ1n) is 9.16. The molecular formula is C20H16ClN5O4S2. The van der Waals surface area contributed by atoms with Gasteiger partial charge in [0.15, 0.2) is 5.13 Å². The number of aryl methyl sites for hydroxylation is 1. The van der Waals surface area contributed by atoms with Crippen molar-refractivity contribution in [3.05, 3.63) is 70.5 Å². The summed E-state index contributed by atoms with van der Waals surface area (Å²) in [4.78, 5) is 25.3. The molecule has 0 unspecified atom stereocenters. The largest absolute Gasteiger partial charge is 0.417 e. The van der Waals surface area contributed by atoms with Crippen molar-refractivity contribution in [2.75, 3.05) is 16.7 Å². The highest BCUT2D eigenvalue weighted by Gasteiger charge is 2.28. The van der Waals surface area contributed by atoms with Crippen molar-refractivity contribution in [2.45, 2.75) is 11.8 Å². The van der Waals surface area contributed by atoms with Gasteiger partial charge in [-0.2, -0.15) is 4.98 Å². The Labute approximate surface area is 192 Å². The number of rotatable bonds is 6. The summed E-state index contributed by atoms with van der Waals surface area (Å²) < 4.78 is 32.1. The minimum absolute atomic E-state index is 0.0285. The van der Waals surface area contributed by atoms with Crippen molar-refractivity contribution in [3.63, 3.8) is 0 Å². The van der Waals surface area contributed by atoms with E-state index in [0.29, 0.717) is 16.5 Å². The molecule has 0 atom stereocenters. The molecule has 0 saturated heterocycles. The number of anilines is 2. The van der Waals surface area contributed by atoms with Gasteiger partial charge in [0.2, 0.25) is 5.76 Å². The number of nitrogens with one attached hydrogen (secondary N) is 1. The molecule has 0 aliphatic rings. The normalized spacial score (nSPS) is 11.3. The van der Waals surface area contributed by atoms with E-state index in [0.717, 1.165) is 4.31 Å².